The number of oxime groups is 1. The van der Waals surface area contributed by atoms with Crippen LogP contribution in [0.5, 0.6) is 0 Å². The van der Waals surface area contributed by atoms with Gasteiger partial charge < -0.3 is 10.9 Å². The van der Waals surface area contributed by atoms with Gasteiger partial charge in [0.15, 0.2) is 5.69 Å². The quantitative estimate of drug-likeness (QED) is 0.310. The number of rotatable bonds is 9. The molecule has 0 spiro atoms. The van der Waals surface area contributed by atoms with Crippen molar-refractivity contribution < 1.29 is 22.6 Å². The van der Waals surface area contributed by atoms with Gasteiger partial charge in [0, 0.05) is 25.6 Å². The van der Waals surface area contributed by atoms with E-state index in [2.05, 4.69) is 31.4 Å². The zero-order valence-corrected chi connectivity index (χ0v) is 17.9. The van der Waals surface area contributed by atoms with Gasteiger partial charge in [0.05, 0.1) is 10.2 Å². The third-order valence-corrected chi connectivity index (χ3v) is 7.30. The van der Waals surface area contributed by atoms with E-state index in [1.165, 1.54) is 10.4 Å². The summed E-state index contributed by atoms with van der Waals surface area (Å²) in [6.45, 7) is 1.09. The van der Waals surface area contributed by atoms with Gasteiger partial charge in [-0.2, -0.15) is 0 Å². The second-order valence-electron chi connectivity index (χ2n) is 6.86. The topological polar surface area (TPSA) is 135 Å². The highest BCUT2D eigenvalue weighted by atomic mass is 79.9. The highest BCUT2D eigenvalue weighted by Gasteiger charge is 2.29. The van der Waals surface area contributed by atoms with Crippen molar-refractivity contribution in [3.05, 3.63) is 45.4 Å². The molecule has 0 amide bonds. The van der Waals surface area contributed by atoms with E-state index in [4.69, 9.17) is 10.4 Å². The van der Waals surface area contributed by atoms with Crippen molar-refractivity contribution in [2.45, 2.75) is 31.7 Å². The van der Waals surface area contributed by atoms with Crippen LogP contribution in [0.25, 0.3) is 0 Å². The van der Waals surface area contributed by atoms with Gasteiger partial charge in [-0.3, -0.25) is 0 Å². The number of aryl methyl sites for hydroxylation is 1. The van der Waals surface area contributed by atoms with Gasteiger partial charge >= 0.3 is 0 Å². The van der Waals surface area contributed by atoms with Gasteiger partial charge in [-0.1, -0.05) is 16.4 Å². The van der Waals surface area contributed by atoms with Crippen molar-refractivity contribution >= 4 is 31.7 Å². The fourth-order valence-electron chi connectivity index (χ4n) is 2.95. The van der Waals surface area contributed by atoms with E-state index < -0.39 is 21.9 Å². The molecule has 3 N–H and O–H groups in total. The Labute approximate surface area is 175 Å². The smallest absolute Gasteiger partial charge is 0.215 e. The van der Waals surface area contributed by atoms with Gasteiger partial charge in [0.1, 0.15) is 17.2 Å². The van der Waals surface area contributed by atoms with Crippen LogP contribution in [0.15, 0.2) is 32.5 Å². The summed E-state index contributed by atoms with van der Waals surface area (Å²) in [5.74, 6) is -0.541. The van der Waals surface area contributed by atoms with Gasteiger partial charge in [-0.05, 0) is 58.0 Å². The van der Waals surface area contributed by atoms with E-state index >= 15 is 0 Å². The minimum atomic E-state index is -3.34. The van der Waals surface area contributed by atoms with Gasteiger partial charge in [0.2, 0.25) is 10.0 Å². The molecule has 3 rings (SSSR count). The van der Waals surface area contributed by atoms with Crippen LogP contribution in [-0.4, -0.2) is 58.8 Å². The number of nitrogens with zero attached hydrogens (tertiary/aromatic N) is 4. The van der Waals surface area contributed by atoms with Crippen molar-refractivity contribution in [1.29, 1.82) is 0 Å². The number of hydrogen-bond donors (Lipinski definition) is 2. The Kier molecular flexibility index (Phi) is 6.98. The minimum absolute atomic E-state index is 0.141. The molecule has 12 heteroatoms. The first-order chi connectivity index (χ1) is 13.8. The van der Waals surface area contributed by atoms with Crippen LogP contribution in [0.1, 0.15) is 29.8 Å². The zero-order chi connectivity index (χ0) is 21.0. The molecule has 2 aromatic rings. The molecule has 0 bridgehead atoms. The van der Waals surface area contributed by atoms with Gasteiger partial charge in [-0.15, -0.1) is 0 Å². The lowest BCUT2D eigenvalue weighted by molar-refractivity contribution is 0.300. The molecular weight excluding hydrogens is 469 g/mol. The molecule has 0 radical (unpaired) electrons. The number of benzene rings is 1. The minimum Gasteiger partial charge on any atom is -0.411 e. The molecule has 29 heavy (non-hydrogen) atoms. The summed E-state index contributed by atoms with van der Waals surface area (Å²) in [5, 5.41) is 20.3. The number of sulfonamides is 1. The molecule has 9 nitrogen and oxygen atoms in total. The Bertz CT molecular complexity index is 993. The van der Waals surface area contributed by atoms with Crippen LogP contribution in [0.2, 0.25) is 0 Å². The van der Waals surface area contributed by atoms with E-state index in [0.29, 0.717) is 41.7 Å². The van der Waals surface area contributed by atoms with Crippen LogP contribution < -0.4 is 5.73 Å². The third kappa shape index (κ3) is 5.38. The molecule has 2 heterocycles. The van der Waals surface area contributed by atoms with Crippen LogP contribution in [0.4, 0.5) is 4.39 Å². The fraction of sp³-hybridized carbons (Fsp3) is 0.471. The normalized spacial score (nSPS) is 16.6. The van der Waals surface area contributed by atoms with E-state index in [1.807, 2.05) is 0 Å². The van der Waals surface area contributed by atoms with Crippen LogP contribution in [0, 0.1) is 5.82 Å². The molecule has 158 valence electrons. The molecule has 1 saturated heterocycles. The fourth-order valence-corrected chi connectivity index (χ4v) is 5.11. The average molecular weight is 490 g/mol. The number of aromatic nitrogens is 2. The Morgan fingerprint density at radius 2 is 2.17 bits per heavy atom. The monoisotopic (exact) mass is 489 g/mol. The first-order valence-electron chi connectivity index (χ1n) is 9.00. The van der Waals surface area contributed by atoms with Crippen LogP contribution >= 0.6 is 15.9 Å². The second kappa shape index (κ2) is 9.28. The second-order valence-corrected chi connectivity index (χ2v) is 9.73. The number of nitrogens with two attached hydrogens (primary N) is 1. The molecule has 1 unspecified atom stereocenters. The van der Waals surface area contributed by atoms with E-state index in [9.17, 15) is 18.0 Å². The summed E-state index contributed by atoms with van der Waals surface area (Å²) >= 11 is 3.11. The van der Waals surface area contributed by atoms with Crippen LogP contribution in [0.3, 0.4) is 0 Å². The number of hydrogen-bond acceptors (Lipinski definition) is 8. The Hall–Kier alpha value is -1.89. The van der Waals surface area contributed by atoms with Crippen molar-refractivity contribution in [3.63, 3.8) is 0 Å². The standard InChI is InChI=1S/C17H21BrFN5O4S/c18-13-8-11(2-4-14(13)19)9-16(21-25)17-15(22-28-23-17)5-3-12(20)10-29(26,27)24-6-1-7-24/h2,4,8,12,25H,1,3,5-7,9-10,20H2/b21-16+. The summed E-state index contributed by atoms with van der Waals surface area (Å²) < 4.78 is 44.3. The Balaban J connectivity index is 1.63. The summed E-state index contributed by atoms with van der Waals surface area (Å²) in [7, 11) is -3.34. The first kappa shape index (κ1) is 21.8. The maximum atomic E-state index is 13.4. The molecule has 0 aliphatic carbocycles. The largest absolute Gasteiger partial charge is 0.411 e. The van der Waals surface area contributed by atoms with Crippen LogP contribution in [-0.2, 0) is 22.9 Å². The first-order valence-corrected chi connectivity index (χ1v) is 11.4. The zero-order valence-electron chi connectivity index (χ0n) is 15.5. The average Bonchev–Trinajstić information content (AvgIpc) is 3.07. The maximum absolute atomic E-state index is 13.4. The third-order valence-electron chi connectivity index (χ3n) is 4.69. The molecule has 1 aromatic carbocycles. The lowest BCUT2D eigenvalue weighted by Gasteiger charge is -2.30. The number of halogens is 2. The maximum Gasteiger partial charge on any atom is 0.215 e. The summed E-state index contributed by atoms with van der Waals surface area (Å²) in [6.07, 6.45) is 1.69. The van der Waals surface area contributed by atoms with Crippen molar-refractivity contribution in [1.82, 2.24) is 14.6 Å². The molecule has 1 aliphatic heterocycles. The van der Waals surface area contributed by atoms with Crippen molar-refractivity contribution in [2.75, 3.05) is 18.8 Å². The lowest BCUT2D eigenvalue weighted by Crippen LogP contribution is -2.46. The predicted molar refractivity (Wildman–Crippen MR) is 107 cm³/mol. The molecule has 1 atom stereocenters. The molecular formula is C17H21BrFN5O4S. The Morgan fingerprint density at radius 1 is 1.41 bits per heavy atom. The molecule has 0 saturated carbocycles. The van der Waals surface area contributed by atoms with E-state index in [1.54, 1.807) is 12.1 Å². The molecule has 1 aliphatic rings. The Morgan fingerprint density at radius 3 is 2.79 bits per heavy atom. The predicted octanol–water partition coefficient (Wildman–Crippen LogP) is 1.69. The molecule has 1 aromatic heterocycles. The van der Waals surface area contributed by atoms with E-state index in [0.717, 1.165) is 6.42 Å². The summed E-state index contributed by atoms with van der Waals surface area (Å²) in [5.41, 5.74) is 7.56. The summed E-state index contributed by atoms with van der Waals surface area (Å²) in [4.78, 5) is 0. The molecule has 1 fully saturated rings. The highest BCUT2D eigenvalue weighted by molar-refractivity contribution is 9.10. The summed E-state index contributed by atoms with van der Waals surface area (Å²) in [6, 6.07) is 3.86. The van der Waals surface area contributed by atoms with Gasteiger partial charge in [0.25, 0.3) is 0 Å². The van der Waals surface area contributed by atoms with Crippen molar-refractivity contribution in [2.24, 2.45) is 10.9 Å². The lowest BCUT2D eigenvalue weighted by atomic mass is 10.0. The highest BCUT2D eigenvalue weighted by Crippen LogP contribution is 2.19. The van der Waals surface area contributed by atoms with Crippen molar-refractivity contribution in [3.8, 4) is 0 Å². The van der Waals surface area contributed by atoms with Gasteiger partial charge in [-0.25, -0.2) is 21.7 Å². The SMILES string of the molecule is NC(CCc1nonc1/C(Cc1ccc(F)c(Br)c1)=N/O)CS(=O)(=O)N1CCC1. The van der Waals surface area contributed by atoms with E-state index in [-0.39, 0.29) is 23.6 Å².